The van der Waals surface area contributed by atoms with Gasteiger partial charge in [0.1, 0.15) is 17.3 Å². The number of ether oxygens (including phenoxy) is 2. The molecule has 2 aromatic carbocycles. The smallest absolute Gasteiger partial charge is 0.259 e. The van der Waals surface area contributed by atoms with Crippen molar-refractivity contribution in [3.63, 3.8) is 0 Å². The summed E-state index contributed by atoms with van der Waals surface area (Å²) in [5, 5.41) is 4.53. The Labute approximate surface area is 184 Å². The number of pyridine rings is 1. The van der Waals surface area contributed by atoms with Crippen LogP contribution >= 0.6 is 0 Å². The van der Waals surface area contributed by atoms with Crippen molar-refractivity contribution in [2.45, 2.75) is 13.5 Å². The number of hydrogen-bond donors (Lipinski definition) is 0. The highest BCUT2D eigenvalue weighted by Gasteiger charge is 2.22. The Morgan fingerprint density at radius 2 is 1.84 bits per heavy atom. The van der Waals surface area contributed by atoms with Crippen molar-refractivity contribution in [1.82, 2.24) is 15.0 Å². The van der Waals surface area contributed by atoms with Gasteiger partial charge in [-0.15, -0.1) is 0 Å². The Bertz CT molecular complexity index is 1280. The third-order valence-electron chi connectivity index (χ3n) is 5.24. The summed E-state index contributed by atoms with van der Waals surface area (Å²) in [4.78, 5) is 19.5. The molecule has 7 nitrogen and oxygen atoms in total. The summed E-state index contributed by atoms with van der Waals surface area (Å²) in [6.07, 6.45) is 0. The molecule has 0 unspecified atom stereocenters. The predicted octanol–water partition coefficient (Wildman–Crippen LogP) is 4.63. The van der Waals surface area contributed by atoms with Gasteiger partial charge in [0.15, 0.2) is 0 Å². The fourth-order valence-corrected chi connectivity index (χ4v) is 3.55. The van der Waals surface area contributed by atoms with Crippen LogP contribution in [0.3, 0.4) is 0 Å². The average molecular weight is 435 g/mol. The minimum absolute atomic E-state index is 0.232. The van der Waals surface area contributed by atoms with Gasteiger partial charge in [0.2, 0.25) is 0 Å². The van der Waals surface area contributed by atoms with Crippen molar-refractivity contribution in [3.8, 4) is 22.8 Å². The molecule has 0 aliphatic rings. The van der Waals surface area contributed by atoms with E-state index < -0.39 is 0 Å². The number of benzene rings is 2. The van der Waals surface area contributed by atoms with E-state index in [0.717, 1.165) is 5.56 Å². The lowest BCUT2D eigenvalue weighted by Crippen LogP contribution is -2.26. The molecule has 2 heterocycles. The van der Waals surface area contributed by atoms with Gasteiger partial charge in [-0.1, -0.05) is 5.16 Å². The van der Waals surface area contributed by atoms with E-state index in [2.05, 4.69) is 10.1 Å². The van der Waals surface area contributed by atoms with E-state index in [1.54, 1.807) is 57.4 Å². The molecule has 164 valence electrons. The molecule has 0 aliphatic carbocycles. The van der Waals surface area contributed by atoms with Crippen LogP contribution < -0.4 is 9.47 Å². The summed E-state index contributed by atoms with van der Waals surface area (Å²) >= 11 is 0. The van der Waals surface area contributed by atoms with Gasteiger partial charge in [0, 0.05) is 30.8 Å². The number of carbonyl (C=O) groups is 1. The number of aromatic nitrogens is 2. The van der Waals surface area contributed by atoms with E-state index >= 15 is 0 Å². The van der Waals surface area contributed by atoms with E-state index in [1.807, 2.05) is 12.1 Å². The number of nitrogens with zero attached hydrogens (tertiary/aromatic N) is 3. The van der Waals surface area contributed by atoms with Crippen LogP contribution in [-0.2, 0) is 6.54 Å². The summed E-state index contributed by atoms with van der Waals surface area (Å²) in [5.74, 6) is 0.705. The number of fused-ring (bicyclic) bond motifs is 1. The van der Waals surface area contributed by atoms with Crippen LogP contribution in [0.1, 0.15) is 21.6 Å². The van der Waals surface area contributed by atoms with E-state index in [-0.39, 0.29) is 17.4 Å². The summed E-state index contributed by atoms with van der Waals surface area (Å²) in [5.41, 5.74) is 3.21. The first kappa shape index (κ1) is 21.3. The molecule has 0 atom stereocenters. The minimum atomic E-state index is -0.352. The maximum absolute atomic E-state index is 13.5. The molecule has 1 amide bonds. The van der Waals surface area contributed by atoms with Crippen molar-refractivity contribution in [3.05, 3.63) is 71.2 Å². The van der Waals surface area contributed by atoms with Crippen molar-refractivity contribution < 1.29 is 23.2 Å². The number of halogens is 1. The average Bonchev–Trinajstić information content (AvgIpc) is 3.19. The van der Waals surface area contributed by atoms with Gasteiger partial charge >= 0.3 is 0 Å². The van der Waals surface area contributed by atoms with Gasteiger partial charge in [-0.05, 0) is 49.4 Å². The van der Waals surface area contributed by atoms with E-state index in [4.69, 9.17) is 14.0 Å². The lowest BCUT2D eigenvalue weighted by Gasteiger charge is -2.20. The first-order valence-electron chi connectivity index (χ1n) is 9.90. The zero-order valence-corrected chi connectivity index (χ0v) is 18.2. The van der Waals surface area contributed by atoms with Crippen LogP contribution in [0, 0.1) is 12.7 Å². The van der Waals surface area contributed by atoms with E-state index in [9.17, 15) is 9.18 Å². The lowest BCUT2D eigenvalue weighted by atomic mass is 10.0. The lowest BCUT2D eigenvalue weighted by molar-refractivity contribution is 0.0786. The number of methoxy groups -OCH3 is 2. The Kier molecular flexibility index (Phi) is 5.77. The van der Waals surface area contributed by atoms with Gasteiger partial charge < -0.3 is 18.9 Å². The quantitative estimate of drug-likeness (QED) is 0.440. The summed E-state index contributed by atoms with van der Waals surface area (Å²) < 4.78 is 29.4. The molecule has 0 N–H and O–H groups in total. The van der Waals surface area contributed by atoms with Crippen LogP contribution in [0.5, 0.6) is 11.5 Å². The molecule has 32 heavy (non-hydrogen) atoms. The van der Waals surface area contributed by atoms with Crippen molar-refractivity contribution in [1.29, 1.82) is 0 Å². The number of carbonyl (C=O) groups excluding carboxylic acids is 1. The second kappa shape index (κ2) is 8.66. The molecule has 0 fully saturated rings. The van der Waals surface area contributed by atoms with Crippen molar-refractivity contribution in [2.75, 3.05) is 21.3 Å². The maximum Gasteiger partial charge on any atom is 0.259 e. The monoisotopic (exact) mass is 435 g/mol. The van der Waals surface area contributed by atoms with Gasteiger partial charge in [-0.25, -0.2) is 9.37 Å². The summed E-state index contributed by atoms with van der Waals surface area (Å²) in [6, 6.07) is 13.0. The molecular formula is C24H22FN3O4. The highest BCUT2D eigenvalue weighted by molar-refractivity contribution is 6.06. The number of rotatable bonds is 6. The molecule has 0 bridgehead atoms. The molecular weight excluding hydrogens is 413 g/mol. The number of amides is 1. The normalized spacial score (nSPS) is 10.9. The molecule has 0 spiro atoms. The number of hydrogen-bond acceptors (Lipinski definition) is 6. The largest absolute Gasteiger partial charge is 0.497 e. The minimum Gasteiger partial charge on any atom is -0.497 e. The van der Waals surface area contributed by atoms with Crippen LogP contribution in [-0.4, -0.2) is 42.2 Å². The van der Waals surface area contributed by atoms with Gasteiger partial charge in [0.05, 0.1) is 36.6 Å². The van der Waals surface area contributed by atoms with E-state index in [1.165, 1.54) is 12.1 Å². The Hall–Kier alpha value is -3.94. The second-order valence-electron chi connectivity index (χ2n) is 7.35. The molecule has 4 rings (SSSR count). The zero-order chi connectivity index (χ0) is 22.8. The highest BCUT2D eigenvalue weighted by Crippen LogP contribution is 2.30. The first-order chi connectivity index (χ1) is 15.4. The summed E-state index contributed by atoms with van der Waals surface area (Å²) in [7, 11) is 4.86. The number of aryl methyl sites for hydroxylation is 1. The molecule has 8 heteroatoms. The fraction of sp³-hybridized carbons (Fsp3) is 0.208. The molecule has 2 aromatic heterocycles. The Morgan fingerprint density at radius 1 is 1.09 bits per heavy atom. The topological polar surface area (TPSA) is 77.7 Å². The molecule has 0 saturated heterocycles. The van der Waals surface area contributed by atoms with Gasteiger partial charge in [-0.3, -0.25) is 4.79 Å². The molecule has 4 aromatic rings. The van der Waals surface area contributed by atoms with Gasteiger partial charge in [0.25, 0.3) is 11.6 Å². The molecule has 0 saturated carbocycles. The van der Waals surface area contributed by atoms with Gasteiger partial charge in [-0.2, -0.15) is 0 Å². The van der Waals surface area contributed by atoms with Crippen LogP contribution in [0.15, 0.2) is 53.1 Å². The van der Waals surface area contributed by atoms with E-state index in [0.29, 0.717) is 45.9 Å². The zero-order valence-electron chi connectivity index (χ0n) is 18.2. The van der Waals surface area contributed by atoms with Crippen LogP contribution in [0.4, 0.5) is 4.39 Å². The predicted molar refractivity (Wildman–Crippen MR) is 117 cm³/mol. The molecule has 0 radical (unpaired) electrons. The Balaban J connectivity index is 1.72. The third-order valence-corrected chi connectivity index (χ3v) is 5.24. The van der Waals surface area contributed by atoms with Crippen LogP contribution in [0.2, 0.25) is 0 Å². The second-order valence-corrected chi connectivity index (χ2v) is 7.35. The fourth-order valence-electron chi connectivity index (χ4n) is 3.55. The van der Waals surface area contributed by atoms with Crippen molar-refractivity contribution >= 4 is 17.0 Å². The Morgan fingerprint density at radius 3 is 2.53 bits per heavy atom. The SMILES string of the molecule is COc1ccc(CN(C)C(=O)c2cc(-c3ccc(F)cc3)nc3onc(C)c23)c(OC)c1. The first-order valence-corrected chi connectivity index (χ1v) is 9.90. The van der Waals surface area contributed by atoms with Crippen molar-refractivity contribution in [2.24, 2.45) is 0 Å². The maximum atomic E-state index is 13.5. The highest BCUT2D eigenvalue weighted by atomic mass is 19.1. The van der Waals surface area contributed by atoms with Crippen LogP contribution in [0.25, 0.3) is 22.4 Å². The molecule has 0 aliphatic heterocycles. The standard InChI is InChI=1S/C24H22FN3O4/c1-14-22-19(12-20(26-23(22)32-27-14)15-5-8-17(25)9-6-15)24(29)28(2)13-16-7-10-18(30-3)11-21(16)31-4/h5-12H,13H2,1-4H3. The third kappa shape index (κ3) is 3.99. The summed E-state index contributed by atoms with van der Waals surface area (Å²) in [6.45, 7) is 2.07.